The van der Waals surface area contributed by atoms with Crippen molar-refractivity contribution in [2.24, 2.45) is 5.73 Å². The molecule has 0 bridgehead atoms. The summed E-state index contributed by atoms with van der Waals surface area (Å²) in [7, 11) is 0. The zero-order valence-electron chi connectivity index (χ0n) is 7.49. The van der Waals surface area contributed by atoms with Crippen molar-refractivity contribution >= 4 is 17.4 Å². The molecule has 0 aliphatic heterocycles. The molecule has 0 fully saturated rings. The first-order chi connectivity index (χ1) is 6.52. The Hall–Kier alpha value is -2.10. The number of nitrogens with two attached hydrogens (primary N) is 2. The minimum absolute atomic E-state index is 0.227. The Balaban J connectivity index is 2.96. The number of Topliss-reactive ketones (excluding diaryl/α,β-unsaturated/α-hetero) is 1. The average Bonchev–Trinajstić information content (AvgIpc) is 2.16. The van der Waals surface area contributed by atoms with Gasteiger partial charge in [-0.1, -0.05) is 6.58 Å². The van der Waals surface area contributed by atoms with E-state index in [1.54, 1.807) is 12.1 Å². The molecule has 1 rings (SSSR count). The molecule has 0 spiro atoms. The first-order valence-corrected chi connectivity index (χ1v) is 3.91. The lowest BCUT2D eigenvalue weighted by Gasteiger charge is -2.00. The van der Waals surface area contributed by atoms with Gasteiger partial charge in [-0.25, -0.2) is 0 Å². The van der Waals surface area contributed by atoms with E-state index >= 15 is 0 Å². The number of ketones is 1. The van der Waals surface area contributed by atoms with Crippen LogP contribution in [0, 0.1) is 0 Å². The van der Waals surface area contributed by atoms with Crippen LogP contribution in [0.3, 0.4) is 0 Å². The van der Waals surface area contributed by atoms with Crippen molar-refractivity contribution < 1.29 is 9.59 Å². The van der Waals surface area contributed by atoms with E-state index in [2.05, 4.69) is 6.58 Å². The molecular weight excluding hydrogens is 180 g/mol. The van der Waals surface area contributed by atoms with Crippen molar-refractivity contribution in [1.82, 2.24) is 0 Å². The van der Waals surface area contributed by atoms with Crippen molar-refractivity contribution in [2.45, 2.75) is 0 Å². The molecule has 0 radical (unpaired) electrons. The third-order valence-electron chi connectivity index (χ3n) is 1.74. The van der Waals surface area contributed by atoms with Crippen LogP contribution in [0.1, 0.15) is 10.4 Å². The molecule has 1 aromatic carbocycles. The third kappa shape index (κ3) is 1.98. The molecule has 4 nitrogen and oxygen atoms in total. The number of rotatable bonds is 3. The van der Waals surface area contributed by atoms with Gasteiger partial charge in [0.15, 0.2) is 5.78 Å². The SMILES string of the molecule is C=C(C(N)=O)C(=O)c1ccc(N)cc1. The van der Waals surface area contributed by atoms with Crippen LogP contribution < -0.4 is 11.5 Å². The summed E-state index contributed by atoms with van der Waals surface area (Å²) in [6.45, 7) is 3.30. The predicted octanol–water partition coefficient (Wildman–Crippen LogP) is 0.493. The summed E-state index contributed by atoms with van der Waals surface area (Å²) >= 11 is 0. The maximum Gasteiger partial charge on any atom is 0.252 e. The van der Waals surface area contributed by atoms with Gasteiger partial charge in [0, 0.05) is 11.3 Å². The third-order valence-corrected chi connectivity index (χ3v) is 1.74. The van der Waals surface area contributed by atoms with Crippen LogP contribution >= 0.6 is 0 Å². The highest BCUT2D eigenvalue weighted by atomic mass is 16.2. The summed E-state index contributed by atoms with van der Waals surface area (Å²) in [6.07, 6.45) is 0. The molecule has 14 heavy (non-hydrogen) atoms. The molecule has 1 aromatic rings. The molecule has 1 amide bonds. The summed E-state index contributed by atoms with van der Waals surface area (Å²) < 4.78 is 0. The molecule has 72 valence electrons. The van der Waals surface area contributed by atoms with E-state index < -0.39 is 11.7 Å². The molecule has 0 saturated heterocycles. The van der Waals surface area contributed by atoms with Crippen LogP contribution in [0.4, 0.5) is 5.69 Å². The number of hydrogen-bond acceptors (Lipinski definition) is 3. The normalized spacial score (nSPS) is 9.43. The van der Waals surface area contributed by atoms with Crippen LogP contribution in [-0.4, -0.2) is 11.7 Å². The van der Waals surface area contributed by atoms with Crippen molar-refractivity contribution in [3.8, 4) is 0 Å². The maximum atomic E-state index is 11.5. The maximum absolute atomic E-state index is 11.5. The lowest BCUT2D eigenvalue weighted by Crippen LogP contribution is -2.19. The number of nitrogen functional groups attached to an aromatic ring is 1. The summed E-state index contributed by atoms with van der Waals surface area (Å²) in [5, 5.41) is 0. The van der Waals surface area contributed by atoms with E-state index in [0.717, 1.165) is 0 Å². The van der Waals surface area contributed by atoms with Crippen LogP contribution in [0.2, 0.25) is 0 Å². The smallest absolute Gasteiger partial charge is 0.252 e. The standard InChI is InChI=1S/C10H10N2O2/c1-6(10(12)14)9(13)7-2-4-8(11)5-3-7/h2-5H,1,11H2,(H2,12,14). The second-order valence-corrected chi connectivity index (χ2v) is 2.79. The first-order valence-electron chi connectivity index (χ1n) is 3.91. The quantitative estimate of drug-likeness (QED) is 0.239. The second kappa shape index (κ2) is 3.74. The molecule has 0 aliphatic carbocycles. The van der Waals surface area contributed by atoms with Gasteiger partial charge in [0.1, 0.15) is 0 Å². The van der Waals surface area contributed by atoms with Crippen LogP contribution in [0.15, 0.2) is 36.4 Å². The second-order valence-electron chi connectivity index (χ2n) is 2.79. The highest BCUT2D eigenvalue weighted by Gasteiger charge is 2.14. The van der Waals surface area contributed by atoms with Crippen molar-refractivity contribution in [2.75, 3.05) is 5.73 Å². The van der Waals surface area contributed by atoms with Gasteiger partial charge in [0.25, 0.3) is 5.91 Å². The zero-order valence-corrected chi connectivity index (χ0v) is 7.49. The largest absolute Gasteiger partial charge is 0.399 e. The Kier molecular flexibility index (Phi) is 2.67. The highest BCUT2D eigenvalue weighted by Crippen LogP contribution is 2.09. The zero-order chi connectivity index (χ0) is 10.7. The van der Waals surface area contributed by atoms with E-state index in [9.17, 15) is 9.59 Å². The molecule has 0 heterocycles. The molecule has 4 heteroatoms. The lowest BCUT2D eigenvalue weighted by molar-refractivity contribution is -0.114. The lowest BCUT2D eigenvalue weighted by atomic mass is 10.0. The van der Waals surface area contributed by atoms with Gasteiger partial charge in [-0.15, -0.1) is 0 Å². The van der Waals surface area contributed by atoms with Gasteiger partial charge in [0.05, 0.1) is 5.57 Å². The number of amides is 1. The summed E-state index contributed by atoms with van der Waals surface area (Å²) in [5.41, 5.74) is 11.0. The Morgan fingerprint density at radius 1 is 1.14 bits per heavy atom. The summed E-state index contributed by atoms with van der Waals surface area (Å²) in [4.78, 5) is 22.1. The fraction of sp³-hybridized carbons (Fsp3) is 0. The minimum Gasteiger partial charge on any atom is -0.399 e. The molecule has 4 N–H and O–H groups in total. The van der Waals surface area contributed by atoms with Gasteiger partial charge < -0.3 is 11.5 Å². The minimum atomic E-state index is -0.813. The van der Waals surface area contributed by atoms with E-state index in [-0.39, 0.29) is 5.57 Å². The van der Waals surface area contributed by atoms with Gasteiger partial charge in [-0.3, -0.25) is 9.59 Å². The fourth-order valence-electron chi connectivity index (χ4n) is 0.921. The molecule has 0 aliphatic rings. The number of hydrogen-bond donors (Lipinski definition) is 2. The van der Waals surface area contributed by atoms with Crippen LogP contribution in [0.5, 0.6) is 0 Å². The van der Waals surface area contributed by atoms with Crippen molar-refractivity contribution in [3.05, 3.63) is 42.0 Å². The molecule has 0 unspecified atom stereocenters. The number of anilines is 1. The fourth-order valence-corrected chi connectivity index (χ4v) is 0.921. The van der Waals surface area contributed by atoms with Gasteiger partial charge >= 0.3 is 0 Å². The predicted molar refractivity (Wildman–Crippen MR) is 53.5 cm³/mol. The Bertz CT molecular complexity index is 393. The van der Waals surface area contributed by atoms with Crippen molar-refractivity contribution in [1.29, 1.82) is 0 Å². The monoisotopic (exact) mass is 190 g/mol. The van der Waals surface area contributed by atoms with Gasteiger partial charge in [-0.05, 0) is 24.3 Å². The van der Waals surface area contributed by atoms with Crippen LogP contribution in [-0.2, 0) is 4.79 Å². The number of carbonyl (C=O) groups is 2. The van der Waals surface area contributed by atoms with Gasteiger partial charge in [-0.2, -0.15) is 0 Å². The van der Waals surface area contributed by atoms with E-state index in [1.165, 1.54) is 12.1 Å². The molecular formula is C10H10N2O2. The Morgan fingerprint density at radius 2 is 1.64 bits per heavy atom. The number of carbonyl (C=O) groups excluding carboxylic acids is 2. The summed E-state index contributed by atoms with van der Waals surface area (Å²) in [6, 6.07) is 6.18. The molecule has 0 aromatic heterocycles. The highest BCUT2D eigenvalue weighted by molar-refractivity contribution is 6.24. The number of primary amides is 1. The average molecular weight is 190 g/mol. The first kappa shape index (κ1) is 9.98. The van der Waals surface area contributed by atoms with E-state index in [0.29, 0.717) is 11.3 Å². The topological polar surface area (TPSA) is 86.2 Å². The van der Waals surface area contributed by atoms with E-state index in [4.69, 9.17) is 11.5 Å². The molecule has 0 atom stereocenters. The Morgan fingerprint density at radius 3 is 2.07 bits per heavy atom. The van der Waals surface area contributed by atoms with Gasteiger partial charge in [0.2, 0.25) is 0 Å². The van der Waals surface area contributed by atoms with Crippen molar-refractivity contribution in [3.63, 3.8) is 0 Å². The number of benzene rings is 1. The van der Waals surface area contributed by atoms with Crippen LogP contribution in [0.25, 0.3) is 0 Å². The molecule has 0 saturated carbocycles. The Labute approximate surface area is 81.2 Å². The van der Waals surface area contributed by atoms with E-state index in [1.807, 2.05) is 0 Å². The summed E-state index contributed by atoms with van der Waals surface area (Å²) in [5.74, 6) is -1.29.